The lowest BCUT2D eigenvalue weighted by Gasteiger charge is -2.18. The van der Waals surface area contributed by atoms with E-state index in [0.29, 0.717) is 32.6 Å². The molecule has 3 rings (SSSR count). The molecular weight excluding hydrogens is 392 g/mol. The first kappa shape index (κ1) is 17.2. The highest BCUT2D eigenvalue weighted by molar-refractivity contribution is 9.10. The van der Waals surface area contributed by atoms with Gasteiger partial charge in [-0.3, -0.25) is 19.8 Å². The van der Waals surface area contributed by atoms with Gasteiger partial charge < -0.3 is 20.0 Å². The molecule has 0 bridgehead atoms. The highest BCUT2D eigenvalue weighted by Crippen LogP contribution is 2.40. The fourth-order valence-electron chi connectivity index (χ4n) is 3.00. The highest BCUT2D eigenvalue weighted by Gasteiger charge is 2.29. The zero-order valence-corrected chi connectivity index (χ0v) is 15.4. The van der Waals surface area contributed by atoms with E-state index in [1.807, 2.05) is 0 Å². The third-order valence-corrected chi connectivity index (χ3v) is 4.81. The van der Waals surface area contributed by atoms with Crippen molar-refractivity contribution < 1.29 is 9.84 Å². The molecule has 5 N–H and O–H groups in total. The lowest BCUT2D eigenvalue weighted by atomic mass is 9.85. The molecule has 0 spiro atoms. The lowest BCUT2D eigenvalue weighted by Crippen LogP contribution is -2.20. The van der Waals surface area contributed by atoms with Crippen LogP contribution in [0.25, 0.3) is 0 Å². The summed E-state index contributed by atoms with van der Waals surface area (Å²) >= 11 is 3.29. The minimum absolute atomic E-state index is 0.0515. The molecule has 1 aromatic carbocycles. The molecule has 9 heteroatoms. The van der Waals surface area contributed by atoms with E-state index in [1.54, 1.807) is 26.0 Å². The fourth-order valence-corrected chi connectivity index (χ4v) is 3.46. The Hall–Kier alpha value is -2.68. The molecule has 0 aliphatic heterocycles. The van der Waals surface area contributed by atoms with Crippen LogP contribution in [0.15, 0.2) is 26.2 Å². The number of aromatic amines is 4. The minimum atomic E-state index is -0.643. The number of halogens is 1. The van der Waals surface area contributed by atoms with Gasteiger partial charge in [-0.15, -0.1) is 0 Å². The van der Waals surface area contributed by atoms with Crippen LogP contribution in [-0.2, 0) is 0 Å². The van der Waals surface area contributed by atoms with Crippen molar-refractivity contribution >= 4 is 15.9 Å². The molecule has 25 heavy (non-hydrogen) atoms. The average molecular weight is 409 g/mol. The molecule has 0 saturated heterocycles. The highest BCUT2D eigenvalue weighted by atomic mass is 79.9. The summed E-state index contributed by atoms with van der Waals surface area (Å²) in [5.74, 6) is -0.455. The molecule has 132 valence electrons. The Balaban J connectivity index is 2.36. The summed E-state index contributed by atoms with van der Waals surface area (Å²) in [4.78, 5) is 24.8. The molecule has 0 aliphatic rings. The molecule has 8 nitrogen and oxygen atoms in total. The van der Waals surface area contributed by atoms with Crippen LogP contribution in [0.1, 0.15) is 34.0 Å². The summed E-state index contributed by atoms with van der Waals surface area (Å²) in [6, 6.07) is 3.28. The quantitative estimate of drug-likeness (QED) is 0.452. The number of rotatable bonds is 4. The number of phenolic OH excluding ortho intramolecular Hbond substituents is 1. The van der Waals surface area contributed by atoms with Gasteiger partial charge in [0.1, 0.15) is 0 Å². The number of aromatic hydroxyl groups is 1. The molecule has 0 amide bonds. The Morgan fingerprint density at radius 3 is 1.92 bits per heavy atom. The van der Waals surface area contributed by atoms with Gasteiger partial charge in [-0.1, -0.05) is 0 Å². The molecule has 0 radical (unpaired) electrons. The summed E-state index contributed by atoms with van der Waals surface area (Å²) in [7, 11) is 1.43. The van der Waals surface area contributed by atoms with Crippen LogP contribution in [0, 0.1) is 13.8 Å². The van der Waals surface area contributed by atoms with Crippen LogP contribution < -0.4 is 15.9 Å². The van der Waals surface area contributed by atoms with Crippen molar-refractivity contribution in [2.75, 3.05) is 7.11 Å². The SMILES string of the molecule is COc1cc(C(c2c(C)[nH][nH]c2=O)c2c(C)[nH][nH]c2=O)cc(Br)c1O. The predicted octanol–water partition coefficient (Wildman–Crippen LogP) is 1.99. The molecule has 0 atom stereocenters. The van der Waals surface area contributed by atoms with Crippen LogP contribution in [-0.4, -0.2) is 32.6 Å². The normalized spacial score (nSPS) is 11.2. The van der Waals surface area contributed by atoms with Gasteiger partial charge >= 0.3 is 0 Å². The van der Waals surface area contributed by atoms with Gasteiger partial charge in [-0.2, -0.15) is 0 Å². The summed E-state index contributed by atoms with van der Waals surface area (Å²) in [6.45, 7) is 3.51. The third-order valence-electron chi connectivity index (χ3n) is 4.21. The van der Waals surface area contributed by atoms with Crippen molar-refractivity contribution in [1.82, 2.24) is 20.4 Å². The number of phenols is 1. The van der Waals surface area contributed by atoms with Crippen molar-refractivity contribution in [3.8, 4) is 11.5 Å². The second-order valence-electron chi connectivity index (χ2n) is 5.72. The van der Waals surface area contributed by atoms with E-state index >= 15 is 0 Å². The van der Waals surface area contributed by atoms with Gasteiger partial charge in [0.25, 0.3) is 11.1 Å². The Morgan fingerprint density at radius 2 is 1.52 bits per heavy atom. The zero-order valence-electron chi connectivity index (χ0n) is 13.8. The Labute approximate surface area is 150 Å². The average Bonchev–Trinajstić information content (AvgIpc) is 3.08. The lowest BCUT2D eigenvalue weighted by molar-refractivity contribution is 0.371. The van der Waals surface area contributed by atoms with Crippen molar-refractivity contribution in [2.24, 2.45) is 0 Å². The number of methoxy groups -OCH3 is 1. The van der Waals surface area contributed by atoms with Crippen molar-refractivity contribution in [3.05, 3.63) is 65.4 Å². The Bertz CT molecular complexity index is 989. The maximum absolute atomic E-state index is 12.4. The number of ether oxygens (including phenoxy) is 1. The second-order valence-corrected chi connectivity index (χ2v) is 6.58. The molecule has 3 aromatic rings. The Kier molecular flexibility index (Phi) is 4.34. The number of nitrogens with one attached hydrogen (secondary N) is 4. The van der Waals surface area contributed by atoms with Crippen LogP contribution in [0.2, 0.25) is 0 Å². The first-order valence-corrected chi connectivity index (χ1v) is 8.25. The van der Waals surface area contributed by atoms with E-state index in [0.717, 1.165) is 0 Å². The maximum atomic E-state index is 12.4. The minimum Gasteiger partial charge on any atom is -0.503 e. The molecule has 2 heterocycles. The number of hydrogen-bond donors (Lipinski definition) is 5. The molecule has 2 aromatic heterocycles. The topological polar surface area (TPSA) is 127 Å². The molecule has 0 aliphatic carbocycles. The largest absolute Gasteiger partial charge is 0.503 e. The van der Waals surface area contributed by atoms with Crippen LogP contribution in [0.5, 0.6) is 11.5 Å². The van der Waals surface area contributed by atoms with E-state index in [9.17, 15) is 14.7 Å². The van der Waals surface area contributed by atoms with Gasteiger partial charge in [0.05, 0.1) is 22.7 Å². The summed E-state index contributed by atoms with van der Waals surface area (Å²) in [6.07, 6.45) is 0. The molecule has 0 fully saturated rings. The summed E-state index contributed by atoms with van der Waals surface area (Å²) < 4.78 is 5.61. The zero-order chi connectivity index (χ0) is 18.3. The van der Waals surface area contributed by atoms with Gasteiger partial charge in [0, 0.05) is 17.3 Å². The predicted molar refractivity (Wildman–Crippen MR) is 95.6 cm³/mol. The van der Waals surface area contributed by atoms with Crippen LogP contribution in [0.3, 0.4) is 0 Å². The maximum Gasteiger partial charge on any atom is 0.268 e. The van der Waals surface area contributed by atoms with E-state index in [1.165, 1.54) is 7.11 Å². The van der Waals surface area contributed by atoms with E-state index in [2.05, 4.69) is 36.3 Å². The third kappa shape index (κ3) is 2.80. The second kappa shape index (κ2) is 6.32. The van der Waals surface area contributed by atoms with Crippen molar-refractivity contribution in [1.29, 1.82) is 0 Å². The van der Waals surface area contributed by atoms with E-state index in [-0.39, 0.29) is 22.6 Å². The van der Waals surface area contributed by atoms with Gasteiger partial charge in [0.2, 0.25) is 0 Å². The van der Waals surface area contributed by atoms with E-state index < -0.39 is 5.92 Å². The van der Waals surface area contributed by atoms with Gasteiger partial charge in [-0.05, 0) is 47.5 Å². The summed E-state index contributed by atoms with van der Waals surface area (Å²) in [5, 5.41) is 20.7. The fraction of sp³-hybridized carbons (Fsp3) is 0.250. The molecule has 0 unspecified atom stereocenters. The number of aryl methyl sites for hydroxylation is 2. The van der Waals surface area contributed by atoms with Gasteiger partial charge in [-0.25, -0.2) is 0 Å². The van der Waals surface area contributed by atoms with Crippen molar-refractivity contribution in [3.63, 3.8) is 0 Å². The number of H-pyrrole nitrogens is 4. The number of aromatic nitrogens is 4. The van der Waals surface area contributed by atoms with Gasteiger partial charge in [0.15, 0.2) is 11.5 Å². The first-order chi connectivity index (χ1) is 11.8. The molecule has 0 saturated carbocycles. The monoisotopic (exact) mass is 408 g/mol. The first-order valence-electron chi connectivity index (χ1n) is 7.45. The van der Waals surface area contributed by atoms with Crippen LogP contribution in [0.4, 0.5) is 0 Å². The summed E-state index contributed by atoms with van der Waals surface area (Å²) in [5.41, 5.74) is 2.09. The van der Waals surface area contributed by atoms with Crippen molar-refractivity contribution in [2.45, 2.75) is 19.8 Å². The number of benzene rings is 1. The standard InChI is InChI=1S/C16H17BrN4O4/c1-6-11(15(23)20-18-6)13(12-7(2)19-21-16(12)24)8-4-9(17)14(22)10(5-8)25-3/h4-5,13,22H,1-3H3,(H2,18,20,23)(H2,19,21,24). The molecular formula is C16H17BrN4O4. The van der Waals surface area contributed by atoms with E-state index in [4.69, 9.17) is 4.74 Å². The Morgan fingerprint density at radius 1 is 1.00 bits per heavy atom. The van der Waals surface area contributed by atoms with Crippen LogP contribution >= 0.6 is 15.9 Å². The smallest absolute Gasteiger partial charge is 0.268 e. The number of hydrogen-bond acceptors (Lipinski definition) is 4.